The van der Waals surface area contributed by atoms with Crippen LogP contribution in [0.2, 0.25) is 0 Å². The molecule has 3 bridgehead atoms. The molecule has 1 aromatic carbocycles. The molecule has 1 aromatic rings. The van der Waals surface area contributed by atoms with E-state index in [0.717, 1.165) is 37.2 Å². The molecule has 1 saturated carbocycles. The number of para-hydroxylation sites is 1. The van der Waals surface area contributed by atoms with Gasteiger partial charge in [-0.3, -0.25) is 14.5 Å². The minimum atomic E-state index is -0.942. The van der Waals surface area contributed by atoms with Gasteiger partial charge in [-0.25, -0.2) is 0 Å². The zero-order valence-corrected chi connectivity index (χ0v) is 17.2. The van der Waals surface area contributed by atoms with E-state index in [-0.39, 0.29) is 30.5 Å². The lowest BCUT2D eigenvalue weighted by molar-refractivity contribution is -0.190. The van der Waals surface area contributed by atoms with Crippen LogP contribution in [0.25, 0.3) is 0 Å². The fourth-order valence-electron chi connectivity index (χ4n) is 6.96. The van der Waals surface area contributed by atoms with Crippen LogP contribution in [0.5, 0.6) is 0 Å². The topological polar surface area (TPSA) is 67.9 Å². The standard InChI is InChI=1S/C23H28N2O4/c1-4-15-12-25-10-9-22-16-7-5-6-8-18(16)24-20(22)19(25)11-17(15)23(22,21(27)28-3)13-29-14(2)26/h4-8,17,19-20,24H,9-13H2,1-3H3/t17-,19-,20-,22+,23-/m0/s1. The highest BCUT2D eigenvalue weighted by atomic mass is 16.5. The van der Waals surface area contributed by atoms with Gasteiger partial charge in [0, 0.05) is 36.5 Å². The molecule has 6 nitrogen and oxygen atoms in total. The van der Waals surface area contributed by atoms with E-state index in [1.165, 1.54) is 19.6 Å². The van der Waals surface area contributed by atoms with Gasteiger partial charge in [0.2, 0.25) is 0 Å². The number of fused-ring (bicyclic) bond motifs is 2. The normalized spacial score (nSPS) is 38.2. The summed E-state index contributed by atoms with van der Waals surface area (Å²) in [5.74, 6) is -0.636. The van der Waals surface area contributed by atoms with Crippen molar-refractivity contribution in [2.75, 3.05) is 32.1 Å². The van der Waals surface area contributed by atoms with E-state index in [1.807, 2.05) is 19.1 Å². The van der Waals surface area contributed by atoms with Gasteiger partial charge in [-0.2, -0.15) is 0 Å². The van der Waals surface area contributed by atoms with Gasteiger partial charge in [0.1, 0.15) is 12.0 Å². The summed E-state index contributed by atoms with van der Waals surface area (Å²) in [6, 6.07) is 8.75. The maximum atomic E-state index is 13.7. The number of allylic oxidation sites excluding steroid dienone is 1. The zero-order valence-electron chi connectivity index (χ0n) is 17.2. The molecule has 0 radical (unpaired) electrons. The molecule has 1 N–H and O–H groups in total. The van der Waals surface area contributed by atoms with Crippen LogP contribution in [0.4, 0.5) is 5.69 Å². The van der Waals surface area contributed by atoms with Gasteiger partial charge in [0.25, 0.3) is 0 Å². The van der Waals surface area contributed by atoms with Crippen LogP contribution in [0, 0.1) is 11.3 Å². The van der Waals surface area contributed by atoms with Gasteiger partial charge < -0.3 is 14.8 Å². The van der Waals surface area contributed by atoms with Crippen LogP contribution in [0.15, 0.2) is 35.9 Å². The highest BCUT2D eigenvalue weighted by Crippen LogP contribution is 2.67. The van der Waals surface area contributed by atoms with Gasteiger partial charge >= 0.3 is 11.9 Å². The van der Waals surface area contributed by atoms with Crippen LogP contribution < -0.4 is 5.32 Å². The van der Waals surface area contributed by atoms with Crippen molar-refractivity contribution in [1.82, 2.24) is 4.90 Å². The van der Waals surface area contributed by atoms with E-state index in [4.69, 9.17) is 9.47 Å². The van der Waals surface area contributed by atoms with Gasteiger partial charge in [0.15, 0.2) is 0 Å². The SMILES string of the molecule is CC=C1CN2CC[C@@]34c5ccccc5N[C@H]3[C@@H]2C[C@@H]1[C@@]4(COC(C)=O)C(=O)OC. The van der Waals surface area contributed by atoms with Gasteiger partial charge in [-0.15, -0.1) is 0 Å². The summed E-state index contributed by atoms with van der Waals surface area (Å²) in [4.78, 5) is 28.2. The number of piperidine rings is 2. The molecule has 3 aliphatic heterocycles. The highest BCUT2D eigenvalue weighted by Gasteiger charge is 2.75. The minimum absolute atomic E-state index is 0.00921. The van der Waals surface area contributed by atoms with E-state index < -0.39 is 10.8 Å². The molecule has 3 fully saturated rings. The van der Waals surface area contributed by atoms with Crippen LogP contribution in [-0.2, 0) is 24.5 Å². The number of carbonyl (C=O) groups excluding carboxylic acids is 2. The number of hydrogen-bond acceptors (Lipinski definition) is 6. The van der Waals surface area contributed by atoms with E-state index in [0.29, 0.717) is 6.04 Å². The molecule has 4 aliphatic rings. The quantitative estimate of drug-likeness (QED) is 0.626. The second-order valence-corrected chi connectivity index (χ2v) is 8.82. The van der Waals surface area contributed by atoms with Crippen molar-refractivity contribution in [3.05, 3.63) is 41.5 Å². The van der Waals surface area contributed by atoms with Crippen LogP contribution >= 0.6 is 0 Å². The van der Waals surface area contributed by atoms with Crippen LogP contribution in [0.1, 0.15) is 32.3 Å². The molecule has 0 unspecified atom stereocenters. The number of nitrogens with zero attached hydrogens (tertiary/aromatic N) is 1. The predicted molar refractivity (Wildman–Crippen MR) is 108 cm³/mol. The Morgan fingerprint density at radius 1 is 1.34 bits per heavy atom. The first-order valence-corrected chi connectivity index (χ1v) is 10.5. The molecular formula is C23H28N2O4. The van der Waals surface area contributed by atoms with Gasteiger partial charge in [0.05, 0.1) is 13.2 Å². The first-order valence-electron chi connectivity index (χ1n) is 10.5. The number of rotatable bonds is 3. The molecule has 0 spiro atoms. The van der Waals surface area contributed by atoms with Gasteiger partial charge in [-0.1, -0.05) is 29.8 Å². The Kier molecular flexibility index (Phi) is 4.07. The first kappa shape index (κ1) is 18.7. The van der Waals surface area contributed by atoms with Crippen molar-refractivity contribution in [1.29, 1.82) is 0 Å². The molecule has 0 aromatic heterocycles. The Hall–Kier alpha value is -2.34. The van der Waals surface area contributed by atoms with Crippen LogP contribution in [-0.4, -0.2) is 55.7 Å². The fourth-order valence-corrected chi connectivity index (χ4v) is 6.96. The number of nitrogens with one attached hydrogen (secondary N) is 1. The summed E-state index contributed by atoms with van der Waals surface area (Å²) in [5, 5.41) is 3.76. The third-order valence-electron chi connectivity index (χ3n) is 8.02. The molecule has 1 aliphatic carbocycles. The third-order valence-corrected chi connectivity index (χ3v) is 8.02. The summed E-state index contributed by atoms with van der Waals surface area (Å²) >= 11 is 0. The van der Waals surface area contributed by atoms with Crippen molar-refractivity contribution in [2.24, 2.45) is 11.3 Å². The van der Waals surface area contributed by atoms with E-state index in [9.17, 15) is 9.59 Å². The van der Waals surface area contributed by atoms with Crippen molar-refractivity contribution in [3.8, 4) is 0 Å². The van der Waals surface area contributed by atoms with Crippen molar-refractivity contribution in [2.45, 2.75) is 44.2 Å². The van der Waals surface area contributed by atoms with E-state index in [2.05, 4.69) is 28.4 Å². The highest BCUT2D eigenvalue weighted by molar-refractivity contribution is 5.85. The molecule has 154 valence electrons. The summed E-state index contributed by atoms with van der Waals surface area (Å²) in [6.07, 6.45) is 3.85. The smallest absolute Gasteiger partial charge is 0.316 e. The minimum Gasteiger partial charge on any atom is -0.468 e. The lowest BCUT2D eigenvalue weighted by atomic mass is 9.42. The first-order chi connectivity index (χ1) is 14.0. The number of anilines is 1. The summed E-state index contributed by atoms with van der Waals surface area (Å²) < 4.78 is 11.1. The Morgan fingerprint density at radius 2 is 2.14 bits per heavy atom. The lowest BCUT2D eigenvalue weighted by Gasteiger charge is -2.66. The molecule has 5 rings (SSSR count). The Balaban J connectivity index is 1.81. The van der Waals surface area contributed by atoms with Crippen molar-refractivity contribution >= 4 is 17.6 Å². The maximum Gasteiger partial charge on any atom is 0.316 e. The molecule has 2 saturated heterocycles. The van der Waals surface area contributed by atoms with Crippen molar-refractivity contribution in [3.63, 3.8) is 0 Å². The monoisotopic (exact) mass is 396 g/mol. The molecule has 3 heterocycles. The largest absolute Gasteiger partial charge is 0.468 e. The van der Waals surface area contributed by atoms with E-state index in [1.54, 1.807) is 0 Å². The summed E-state index contributed by atoms with van der Waals surface area (Å²) in [7, 11) is 1.46. The van der Waals surface area contributed by atoms with Crippen LogP contribution in [0.3, 0.4) is 0 Å². The average Bonchev–Trinajstić information content (AvgIpc) is 3.09. The fraction of sp³-hybridized carbons (Fsp3) is 0.565. The third kappa shape index (κ3) is 2.15. The average molecular weight is 396 g/mol. The number of esters is 2. The van der Waals surface area contributed by atoms with Gasteiger partial charge in [-0.05, 0) is 37.9 Å². The Morgan fingerprint density at radius 3 is 2.86 bits per heavy atom. The number of carbonyl (C=O) groups is 2. The summed E-state index contributed by atoms with van der Waals surface area (Å²) in [5.41, 5.74) is 2.09. The molecule has 0 amide bonds. The molecular weight excluding hydrogens is 368 g/mol. The Labute approximate surface area is 171 Å². The number of ether oxygens (including phenoxy) is 2. The van der Waals surface area contributed by atoms with Crippen molar-refractivity contribution < 1.29 is 19.1 Å². The van der Waals surface area contributed by atoms with E-state index >= 15 is 0 Å². The Bertz CT molecular complexity index is 912. The number of benzene rings is 1. The second-order valence-electron chi connectivity index (χ2n) is 8.82. The zero-order chi connectivity index (χ0) is 20.4. The molecule has 6 heteroatoms. The number of methoxy groups -OCH3 is 1. The molecule has 5 atom stereocenters. The number of hydrogen-bond donors (Lipinski definition) is 1. The second kappa shape index (κ2) is 6.33. The maximum absolute atomic E-state index is 13.7. The summed E-state index contributed by atoms with van der Waals surface area (Å²) in [6.45, 7) is 5.28. The lowest BCUT2D eigenvalue weighted by Crippen LogP contribution is -2.77. The predicted octanol–water partition coefficient (Wildman–Crippen LogP) is 2.50. The molecule has 29 heavy (non-hydrogen) atoms.